The molecule has 1 N–H and O–H groups in total. The van der Waals surface area contributed by atoms with Gasteiger partial charge in [-0.25, -0.2) is 0 Å². The van der Waals surface area contributed by atoms with E-state index in [1.807, 2.05) is 55.5 Å². The molecule has 3 rings (SSSR count). The molecule has 1 heterocycles. The number of carbonyl (C=O) groups is 2. The van der Waals surface area contributed by atoms with Crippen LogP contribution in [-0.4, -0.2) is 25.0 Å². The van der Waals surface area contributed by atoms with Gasteiger partial charge >= 0.3 is 0 Å². The van der Waals surface area contributed by atoms with Gasteiger partial charge in [-0.15, -0.1) is 0 Å². The lowest BCUT2D eigenvalue weighted by atomic mass is 10.1. The SMILES string of the molecule is Cc1ccc2c(c1)N(C(=O)CCC(=O)NCc1ccccc1)CCO2. The first kappa shape index (κ1) is 17.0. The Kier molecular flexibility index (Phi) is 5.33. The highest BCUT2D eigenvalue weighted by Gasteiger charge is 2.23. The lowest BCUT2D eigenvalue weighted by molar-refractivity contribution is -0.125. The number of benzene rings is 2. The molecule has 0 fully saturated rings. The zero-order valence-electron chi connectivity index (χ0n) is 14.3. The summed E-state index contributed by atoms with van der Waals surface area (Å²) in [5.41, 5.74) is 2.91. The van der Waals surface area contributed by atoms with Crippen molar-refractivity contribution in [1.29, 1.82) is 0 Å². The largest absolute Gasteiger partial charge is 0.490 e. The van der Waals surface area contributed by atoms with E-state index in [-0.39, 0.29) is 24.7 Å². The molecular formula is C20H22N2O3. The highest BCUT2D eigenvalue weighted by Crippen LogP contribution is 2.32. The van der Waals surface area contributed by atoms with E-state index in [2.05, 4.69) is 5.32 Å². The van der Waals surface area contributed by atoms with Crippen LogP contribution in [0.5, 0.6) is 5.75 Å². The molecule has 0 atom stereocenters. The molecule has 0 aliphatic carbocycles. The number of amides is 2. The van der Waals surface area contributed by atoms with Crippen molar-refractivity contribution in [1.82, 2.24) is 5.32 Å². The fraction of sp³-hybridized carbons (Fsp3) is 0.300. The molecule has 1 aliphatic heterocycles. The number of nitrogens with one attached hydrogen (secondary N) is 1. The summed E-state index contributed by atoms with van der Waals surface area (Å²) < 4.78 is 5.60. The van der Waals surface area contributed by atoms with Crippen LogP contribution >= 0.6 is 0 Å². The number of fused-ring (bicyclic) bond motifs is 1. The Morgan fingerprint density at radius 2 is 1.92 bits per heavy atom. The third-order valence-corrected chi connectivity index (χ3v) is 4.18. The third kappa shape index (κ3) is 4.38. The van der Waals surface area contributed by atoms with Gasteiger partial charge in [-0.1, -0.05) is 36.4 Å². The number of carbonyl (C=O) groups excluding carboxylic acids is 2. The van der Waals surface area contributed by atoms with E-state index in [1.54, 1.807) is 4.90 Å². The van der Waals surface area contributed by atoms with Crippen LogP contribution in [0.3, 0.4) is 0 Å². The summed E-state index contributed by atoms with van der Waals surface area (Å²) in [6, 6.07) is 15.5. The minimum Gasteiger partial charge on any atom is -0.490 e. The van der Waals surface area contributed by atoms with Crippen molar-refractivity contribution in [2.45, 2.75) is 26.3 Å². The summed E-state index contributed by atoms with van der Waals surface area (Å²) in [5, 5.41) is 2.85. The van der Waals surface area contributed by atoms with Crippen LogP contribution < -0.4 is 15.0 Å². The number of anilines is 1. The molecule has 0 radical (unpaired) electrons. The lowest BCUT2D eigenvalue weighted by Crippen LogP contribution is -2.38. The van der Waals surface area contributed by atoms with Gasteiger partial charge in [-0.05, 0) is 30.2 Å². The Hall–Kier alpha value is -2.82. The molecule has 2 aromatic rings. The molecule has 2 aromatic carbocycles. The Bertz CT molecular complexity index is 759. The second-order valence-electron chi connectivity index (χ2n) is 6.13. The van der Waals surface area contributed by atoms with E-state index in [0.29, 0.717) is 19.7 Å². The second-order valence-corrected chi connectivity index (χ2v) is 6.13. The highest BCUT2D eigenvalue weighted by molar-refractivity contribution is 5.97. The lowest BCUT2D eigenvalue weighted by Gasteiger charge is -2.30. The maximum Gasteiger partial charge on any atom is 0.227 e. The molecule has 0 unspecified atom stereocenters. The van der Waals surface area contributed by atoms with Crippen molar-refractivity contribution in [2.75, 3.05) is 18.1 Å². The van der Waals surface area contributed by atoms with Crippen molar-refractivity contribution in [3.8, 4) is 5.75 Å². The molecule has 2 amide bonds. The molecule has 1 aliphatic rings. The van der Waals surface area contributed by atoms with Gasteiger partial charge in [-0.2, -0.15) is 0 Å². The van der Waals surface area contributed by atoms with Gasteiger partial charge in [-0.3, -0.25) is 9.59 Å². The summed E-state index contributed by atoms with van der Waals surface area (Å²) in [7, 11) is 0. The Balaban J connectivity index is 1.53. The van der Waals surface area contributed by atoms with E-state index in [4.69, 9.17) is 4.74 Å². The molecule has 5 heteroatoms. The van der Waals surface area contributed by atoms with E-state index in [1.165, 1.54) is 0 Å². The van der Waals surface area contributed by atoms with Crippen molar-refractivity contribution in [2.24, 2.45) is 0 Å². The predicted molar refractivity (Wildman–Crippen MR) is 96.5 cm³/mol. The molecule has 0 aromatic heterocycles. The molecule has 0 bridgehead atoms. The quantitative estimate of drug-likeness (QED) is 0.912. The predicted octanol–water partition coefficient (Wildman–Crippen LogP) is 2.82. The van der Waals surface area contributed by atoms with Gasteiger partial charge in [0.25, 0.3) is 0 Å². The normalized spacial score (nSPS) is 12.9. The average molecular weight is 338 g/mol. The number of hydrogen-bond donors (Lipinski definition) is 1. The zero-order valence-corrected chi connectivity index (χ0v) is 14.3. The Morgan fingerprint density at radius 1 is 1.12 bits per heavy atom. The van der Waals surface area contributed by atoms with Crippen molar-refractivity contribution in [3.63, 3.8) is 0 Å². The summed E-state index contributed by atoms with van der Waals surface area (Å²) in [4.78, 5) is 26.3. The molecule has 0 saturated heterocycles. The first-order chi connectivity index (χ1) is 12.1. The van der Waals surface area contributed by atoms with Crippen LogP contribution in [0.25, 0.3) is 0 Å². The van der Waals surface area contributed by atoms with Gasteiger partial charge in [0.2, 0.25) is 11.8 Å². The fourth-order valence-corrected chi connectivity index (χ4v) is 2.83. The zero-order chi connectivity index (χ0) is 17.6. The minimum absolute atomic E-state index is 0.0509. The van der Waals surface area contributed by atoms with Crippen LogP contribution in [0.4, 0.5) is 5.69 Å². The summed E-state index contributed by atoms with van der Waals surface area (Å²) >= 11 is 0. The van der Waals surface area contributed by atoms with E-state index < -0.39 is 0 Å². The van der Waals surface area contributed by atoms with Crippen molar-refractivity contribution >= 4 is 17.5 Å². The van der Waals surface area contributed by atoms with Crippen LogP contribution in [0.15, 0.2) is 48.5 Å². The number of hydrogen-bond acceptors (Lipinski definition) is 3. The van der Waals surface area contributed by atoms with Gasteiger partial charge < -0.3 is 15.0 Å². The Labute approximate surface area is 147 Å². The maximum absolute atomic E-state index is 12.5. The molecule has 0 saturated carbocycles. The van der Waals surface area contributed by atoms with Gasteiger partial charge in [0, 0.05) is 19.4 Å². The summed E-state index contributed by atoms with van der Waals surface area (Å²) in [5.74, 6) is 0.554. The maximum atomic E-state index is 12.5. The summed E-state index contributed by atoms with van der Waals surface area (Å²) in [6.45, 7) is 3.45. The fourth-order valence-electron chi connectivity index (χ4n) is 2.83. The van der Waals surface area contributed by atoms with Gasteiger partial charge in [0.05, 0.1) is 12.2 Å². The second kappa shape index (κ2) is 7.83. The van der Waals surface area contributed by atoms with Crippen LogP contribution in [0, 0.1) is 6.92 Å². The van der Waals surface area contributed by atoms with Gasteiger partial charge in [0.1, 0.15) is 12.4 Å². The van der Waals surface area contributed by atoms with Gasteiger partial charge in [0.15, 0.2) is 0 Å². The molecule has 0 spiro atoms. The number of aryl methyl sites for hydroxylation is 1. The first-order valence-electron chi connectivity index (χ1n) is 8.48. The molecule has 130 valence electrons. The molecular weight excluding hydrogens is 316 g/mol. The smallest absolute Gasteiger partial charge is 0.227 e. The monoisotopic (exact) mass is 338 g/mol. The minimum atomic E-state index is -0.116. The standard InChI is InChI=1S/C20H22N2O3/c1-15-7-8-18-17(13-15)22(11-12-25-18)20(24)10-9-19(23)21-14-16-5-3-2-4-6-16/h2-8,13H,9-12,14H2,1H3,(H,21,23). The number of rotatable bonds is 5. The van der Waals surface area contributed by atoms with Crippen molar-refractivity contribution < 1.29 is 14.3 Å². The highest BCUT2D eigenvalue weighted by atomic mass is 16.5. The van der Waals surface area contributed by atoms with Crippen LogP contribution in [0.2, 0.25) is 0 Å². The van der Waals surface area contributed by atoms with E-state index in [9.17, 15) is 9.59 Å². The molecule has 5 nitrogen and oxygen atoms in total. The topological polar surface area (TPSA) is 58.6 Å². The van der Waals surface area contributed by atoms with Crippen LogP contribution in [0.1, 0.15) is 24.0 Å². The first-order valence-corrected chi connectivity index (χ1v) is 8.48. The number of nitrogens with zero attached hydrogens (tertiary/aromatic N) is 1. The number of ether oxygens (including phenoxy) is 1. The van der Waals surface area contributed by atoms with E-state index >= 15 is 0 Å². The van der Waals surface area contributed by atoms with E-state index in [0.717, 1.165) is 22.6 Å². The average Bonchev–Trinajstić information content (AvgIpc) is 2.64. The van der Waals surface area contributed by atoms with Crippen LogP contribution in [-0.2, 0) is 16.1 Å². The third-order valence-electron chi connectivity index (χ3n) is 4.18. The van der Waals surface area contributed by atoms with Crippen molar-refractivity contribution in [3.05, 3.63) is 59.7 Å². The molecule has 25 heavy (non-hydrogen) atoms. The summed E-state index contributed by atoms with van der Waals surface area (Å²) in [6.07, 6.45) is 0.373. The Morgan fingerprint density at radius 3 is 2.72 bits per heavy atom.